The highest BCUT2D eigenvalue weighted by Gasteiger charge is 2.11. The van der Waals surface area contributed by atoms with Crippen LogP contribution in [0, 0.1) is 6.92 Å². The van der Waals surface area contributed by atoms with E-state index in [4.69, 9.17) is 4.74 Å². The molecule has 1 N–H and O–H groups in total. The van der Waals surface area contributed by atoms with E-state index < -0.39 is 0 Å². The van der Waals surface area contributed by atoms with Gasteiger partial charge in [-0.25, -0.2) is 0 Å². The molecule has 0 aliphatic carbocycles. The Hall–Kier alpha value is -1.22. The van der Waals surface area contributed by atoms with E-state index in [0.29, 0.717) is 0 Å². The van der Waals surface area contributed by atoms with E-state index in [1.54, 1.807) is 6.07 Å². The molecule has 90 valence electrons. The van der Waals surface area contributed by atoms with Crippen molar-refractivity contribution in [1.29, 1.82) is 0 Å². The average molecular weight is 295 g/mol. The molecule has 0 aliphatic rings. The summed E-state index contributed by atoms with van der Waals surface area (Å²) in [6.07, 6.45) is 0.0834. The van der Waals surface area contributed by atoms with Crippen LogP contribution in [0.1, 0.15) is 19.4 Å². The first-order valence-electron chi connectivity index (χ1n) is 5.57. The first-order valence-corrected chi connectivity index (χ1v) is 6.37. The molecule has 0 atom stereocenters. The number of halogens is 1. The Bertz CT molecular complexity index is 562. The smallest absolute Gasteiger partial charge is 0.131 e. The van der Waals surface area contributed by atoms with Crippen LogP contribution >= 0.6 is 15.9 Å². The largest absolute Gasteiger partial charge is 0.507 e. The molecule has 0 amide bonds. The highest BCUT2D eigenvalue weighted by molar-refractivity contribution is 9.10. The molecule has 0 aromatic heterocycles. The van der Waals surface area contributed by atoms with Gasteiger partial charge in [0.15, 0.2) is 0 Å². The second-order valence-electron chi connectivity index (χ2n) is 4.42. The van der Waals surface area contributed by atoms with Crippen molar-refractivity contribution in [2.45, 2.75) is 26.9 Å². The number of aromatic hydroxyl groups is 1. The molecule has 0 saturated carbocycles. The second kappa shape index (κ2) is 4.57. The zero-order valence-electron chi connectivity index (χ0n) is 10.1. The number of benzene rings is 2. The van der Waals surface area contributed by atoms with E-state index in [0.717, 1.165) is 26.6 Å². The highest BCUT2D eigenvalue weighted by Crippen LogP contribution is 2.38. The third-order valence-electron chi connectivity index (χ3n) is 2.51. The van der Waals surface area contributed by atoms with E-state index in [2.05, 4.69) is 15.9 Å². The van der Waals surface area contributed by atoms with E-state index >= 15 is 0 Å². The first-order chi connectivity index (χ1) is 7.99. The van der Waals surface area contributed by atoms with Crippen molar-refractivity contribution in [1.82, 2.24) is 0 Å². The van der Waals surface area contributed by atoms with E-state index in [9.17, 15) is 5.11 Å². The second-order valence-corrected chi connectivity index (χ2v) is 5.27. The van der Waals surface area contributed by atoms with Gasteiger partial charge in [0.1, 0.15) is 11.5 Å². The first kappa shape index (κ1) is 12.2. The number of phenols is 1. The fourth-order valence-corrected chi connectivity index (χ4v) is 2.33. The third kappa shape index (κ3) is 2.39. The Morgan fingerprint density at radius 3 is 2.59 bits per heavy atom. The standard InChI is InChI=1S/C14H15BrO2/c1-8(2)17-13-5-4-11(15)10-6-9(3)7-12(16)14(10)13/h4-8,16H,1-3H3. The van der Waals surface area contributed by atoms with Crippen LogP contribution in [-0.4, -0.2) is 11.2 Å². The predicted octanol–water partition coefficient (Wildman–Crippen LogP) is 4.40. The van der Waals surface area contributed by atoms with Crippen LogP contribution in [0.2, 0.25) is 0 Å². The molecule has 0 heterocycles. The lowest BCUT2D eigenvalue weighted by Crippen LogP contribution is -2.05. The molecule has 3 heteroatoms. The zero-order valence-corrected chi connectivity index (χ0v) is 11.7. The molecule has 0 radical (unpaired) electrons. The summed E-state index contributed by atoms with van der Waals surface area (Å²) in [6.45, 7) is 5.90. The van der Waals surface area contributed by atoms with E-state index in [-0.39, 0.29) is 11.9 Å². The number of ether oxygens (including phenoxy) is 1. The normalized spacial score (nSPS) is 11.1. The van der Waals surface area contributed by atoms with Crippen molar-refractivity contribution in [3.05, 3.63) is 34.3 Å². The Balaban J connectivity index is 2.75. The number of hydrogen-bond donors (Lipinski definition) is 1. The van der Waals surface area contributed by atoms with E-state index in [1.807, 2.05) is 39.0 Å². The third-order valence-corrected chi connectivity index (χ3v) is 3.20. The molecule has 0 fully saturated rings. The van der Waals surface area contributed by atoms with Gasteiger partial charge in [-0.15, -0.1) is 0 Å². The highest BCUT2D eigenvalue weighted by atomic mass is 79.9. The quantitative estimate of drug-likeness (QED) is 0.889. The van der Waals surface area contributed by atoms with Gasteiger partial charge in [-0.1, -0.05) is 15.9 Å². The molecule has 2 aromatic carbocycles. The van der Waals surface area contributed by atoms with Crippen LogP contribution in [0.4, 0.5) is 0 Å². The van der Waals surface area contributed by atoms with Crippen molar-refractivity contribution >= 4 is 26.7 Å². The summed E-state index contributed by atoms with van der Waals surface area (Å²) in [7, 11) is 0. The molecule has 0 aliphatic heterocycles. The maximum atomic E-state index is 10.1. The molecule has 17 heavy (non-hydrogen) atoms. The van der Waals surface area contributed by atoms with Gasteiger partial charge in [0.05, 0.1) is 11.5 Å². The minimum atomic E-state index is 0.0834. The number of rotatable bonds is 2. The molecule has 0 spiro atoms. The molecular weight excluding hydrogens is 280 g/mol. The minimum absolute atomic E-state index is 0.0834. The van der Waals surface area contributed by atoms with Gasteiger partial charge in [0, 0.05) is 9.86 Å². The number of aryl methyl sites for hydroxylation is 1. The molecule has 0 bridgehead atoms. The summed E-state index contributed by atoms with van der Waals surface area (Å²) >= 11 is 3.50. The van der Waals surface area contributed by atoms with Gasteiger partial charge >= 0.3 is 0 Å². The Labute approximate surface area is 109 Å². The molecular formula is C14H15BrO2. The lowest BCUT2D eigenvalue weighted by Gasteiger charge is -2.14. The molecule has 0 saturated heterocycles. The predicted molar refractivity (Wildman–Crippen MR) is 73.8 cm³/mol. The van der Waals surface area contributed by atoms with Crippen molar-refractivity contribution in [3.8, 4) is 11.5 Å². The summed E-state index contributed by atoms with van der Waals surface area (Å²) in [5.41, 5.74) is 1.03. The number of fused-ring (bicyclic) bond motifs is 1. The van der Waals surface area contributed by atoms with Gasteiger partial charge in [-0.3, -0.25) is 0 Å². The summed E-state index contributed by atoms with van der Waals surface area (Å²) in [6, 6.07) is 7.61. The Morgan fingerprint density at radius 1 is 1.24 bits per heavy atom. The van der Waals surface area contributed by atoms with Gasteiger partial charge < -0.3 is 9.84 Å². The van der Waals surface area contributed by atoms with Crippen molar-refractivity contribution in [2.75, 3.05) is 0 Å². The van der Waals surface area contributed by atoms with Crippen LogP contribution in [0.25, 0.3) is 10.8 Å². The van der Waals surface area contributed by atoms with E-state index in [1.165, 1.54) is 0 Å². The van der Waals surface area contributed by atoms with Gasteiger partial charge in [0.2, 0.25) is 0 Å². The van der Waals surface area contributed by atoms with Crippen molar-refractivity contribution in [3.63, 3.8) is 0 Å². The summed E-state index contributed by atoms with van der Waals surface area (Å²) in [5.74, 6) is 0.979. The average Bonchev–Trinajstić information content (AvgIpc) is 2.21. The maximum absolute atomic E-state index is 10.1. The molecule has 2 nitrogen and oxygen atoms in total. The summed E-state index contributed by atoms with van der Waals surface area (Å²) in [5, 5.41) is 11.8. The number of hydrogen-bond acceptors (Lipinski definition) is 2. The molecule has 2 rings (SSSR count). The fraction of sp³-hybridized carbons (Fsp3) is 0.286. The van der Waals surface area contributed by atoms with Crippen molar-refractivity contribution in [2.24, 2.45) is 0 Å². The maximum Gasteiger partial charge on any atom is 0.131 e. The topological polar surface area (TPSA) is 29.5 Å². The van der Waals surface area contributed by atoms with Crippen LogP contribution in [0.3, 0.4) is 0 Å². The van der Waals surface area contributed by atoms with Gasteiger partial charge in [0.25, 0.3) is 0 Å². The lowest BCUT2D eigenvalue weighted by molar-refractivity contribution is 0.245. The van der Waals surface area contributed by atoms with Crippen LogP contribution in [0.15, 0.2) is 28.7 Å². The zero-order chi connectivity index (χ0) is 12.6. The summed E-state index contributed by atoms with van der Waals surface area (Å²) < 4.78 is 6.68. The van der Waals surface area contributed by atoms with Crippen LogP contribution < -0.4 is 4.74 Å². The number of phenolic OH excluding ortho intramolecular Hbond substituents is 1. The van der Waals surface area contributed by atoms with Crippen molar-refractivity contribution < 1.29 is 9.84 Å². The van der Waals surface area contributed by atoms with Crippen LogP contribution in [-0.2, 0) is 0 Å². The van der Waals surface area contributed by atoms with Gasteiger partial charge in [-0.05, 0) is 50.6 Å². The minimum Gasteiger partial charge on any atom is -0.507 e. The Morgan fingerprint density at radius 2 is 1.94 bits per heavy atom. The monoisotopic (exact) mass is 294 g/mol. The van der Waals surface area contributed by atoms with Crippen LogP contribution in [0.5, 0.6) is 11.5 Å². The lowest BCUT2D eigenvalue weighted by atomic mass is 10.1. The Kier molecular flexibility index (Phi) is 3.29. The summed E-state index contributed by atoms with van der Waals surface area (Å²) in [4.78, 5) is 0. The molecule has 2 aromatic rings. The fourth-order valence-electron chi connectivity index (χ4n) is 1.89. The molecule has 0 unspecified atom stereocenters. The van der Waals surface area contributed by atoms with Gasteiger partial charge in [-0.2, -0.15) is 0 Å². The SMILES string of the molecule is Cc1cc(O)c2c(OC(C)C)ccc(Br)c2c1.